The van der Waals surface area contributed by atoms with Crippen LogP contribution in [-0.2, 0) is 14.6 Å². The highest BCUT2D eigenvalue weighted by atomic mass is 35.5. The van der Waals surface area contributed by atoms with Gasteiger partial charge in [-0.2, -0.15) is 0 Å². The van der Waals surface area contributed by atoms with Crippen LogP contribution in [0.1, 0.15) is 19.3 Å². The molecular formula is C19H23ClN4O4S2. The molecule has 2 aromatic rings. The molecule has 4 rings (SSSR count). The van der Waals surface area contributed by atoms with E-state index in [4.69, 9.17) is 16.0 Å². The highest BCUT2D eigenvalue weighted by Gasteiger charge is 2.41. The Morgan fingerprint density at radius 3 is 2.63 bits per heavy atom. The van der Waals surface area contributed by atoms with Crippen molar-refractivity contribution >= 4 is 39.1 Å². The highest BCUT2D eigenvalue weighted by Crippen LogP contribution is 2.25. The maximum Gasteiger partial charge on any atom is 0.277 e. The van der Waals surface area contributed by atoms with Gasteiger partial charge in [0.15, 0.2) is 9.84 Å². The molecule has 1 aromatic carbocycles. The van der Waals surface area contributed by atoms with Gasteiger partial charge in [0.2, 0.25) is 11.8 Å². The first-order valence-corrected chi connectivity index (χ1v) is 13.0. The van der Waals surface area contributed by atoms with Gasteiger partial charge in [-0.3, -0.25) is 9.69 Å². The SMILES string of the molecule is O=C(CSc1nnc(-c2ccc(Cl)cc2)o1)NC1CS(=O)(=O)CC1N1CCCCC1. The predicted octanol–water partition coefficient (Wildman–Crippen LogP) is 2.25. The lowest BCUT2D eigenvalue weighted by Crippen LogP contribution is -2.52. The number of piperidine rings is 1. The smallest absolute Gasteiger partial charge is 0.277 e. The molecule has 0 spiro atoms. The fourth-order valence-corrected chi connectivity index (χ4v) is 6.58. The Labute approximate surface area is 184 Å². The van der Waals surface area contributed by atoms with Crippen LogP contribution in [0, 0.1) is 0 Å². The van der Waals surface area contributed by atoms with Gasteiger partial charge in [0.05, 0.1) is 23.3 Å². The molecule has 2 atom stereocenters. The number of benzene rings is 1. The van der Waals surface area contributed by atoms with Crippen molar-refractivity contribution in [2.24, 2.45) is 0 Å². The minimum absolute atomic E-state index is 0.00809. The lowest BCUT2D eigenvalue weighted by atomic mass is 10.1. The lowest BCUT2D eigenvalue weighted by Gasteiger charge is -2.34. The highest BCUT2D eigenvalue weighted by molar-refractivity contribution is 7.99. The van der Waals surface area contributed by atoms with Crippen LogP contribution in [0.4, 0.5) is 0 Å². The molecule has 162 valence electrons. The van der Waals surface area contributed by atoms with E-state index in [1.54, 1.807) is 24.3 Å². The van der Waals surface area contributed by atoms with E-state index in [0.717, 1.165) is 43.3 Å². The number of hydrogen-bond donors (Lipinski definition) is 1. The minimum Gasteiger partial charge on any atom is -0.411 e. The van der Waals surface area contributed by atoms with Gasteiger partial charge in [0, 0.05) is 16.6 Å². The first-order chi connectivity index (χ1) is 14.4. The van der Waals surface area contributed by atoms with E-state index in [0.29, 0.717) is 10.9 Å². The maximum atomic E-state index is 12.5. The Bertz CT molecular complexity index is 990. The summed E-state index contributed by atoms with van der Waals surface area (Å²) in [6, 6.07) is 6.49. The summed E-state index contributed by atoms with van der Waals surface area (Å²) in [4.78, 5) is 14.7. The summed E-state index contributed by atoms with van der Waals surface area (Å²) in [6.07, 6.45) is 3.31. The van der Waals surface area contributed by atoms with Crippen LogP contribution in [-0.4, -0.2) is 71.9 Å². The Kier molecular flexibility index (Phi) is 6.66. The Morgan fingerprint density at radius 2 is 1.90 bits per heavy atom. The summed E-state index contributed by atoms with van der Waals surface area (Å²) in [7, 11) is -3.15. The third-order valence-corrected chi connectivity index (χ3v) is 8.14. The Hall–Kier alpha value is -1.62. The van der Waals surface area contributed by atoms with Crippen LogP contribution in [0.3, 0.4) is 0 Å². The zero-order valence-corrected chi connectivity index (χ0v) is 18.7. The van der Waals surface area contributed by atoms with E-state index in [1.807, 2.05) is 0 Å². The molecule has 2 aliphatic heterocycles. The van der Waals surface area contributed by atoms with E-state index in [1.165, 1.54) is 6.42 Å². The van der Waals surface area contributed by atoms with Crippen LogP contribution >= 0.6 is 23.4 Å². The number of sulfone groups is 1. The molecule has 2 saturated heterocycles. The van der Waals surface area contributed by atoms with Crippen molar-refractivity contribution in [2.75, 3.05) is 30.3 Å². The number of hydrogen-bond acceptors (Lipinski definition) is 8. The van der Waals surface area contributed by atoms with Gasteiger partial charge in [-0.25, -0.2) is 8.42 Å². The molecule has 3 heterocycles. The van der Waals surface area contributed by atoms with E-state index in [-0.39, 0.29) is 40.5 Å². The molecule has 2 unspecified atom stereocenters. The topological polar surface area (TPSA) is 105 Å². The number of halogens is 1. The van der Waals surface area contributed by atoms with Gasteiger partial charge in [-0.05, 0) is 50.2 Å². The third-order valence-electron chi connectivity index (χ3n) is 5.35. The minimum atomic E-state index is -3.15. The number of carbonyl (C=O) groups excluding carboxylic acids is 1. The zero-order chi connectivity index (χ0) is 21.1. The predicted molar refractivity (Wildman–Crippen MR) is 115 cm³/mol. The van der Waals surface area contributed by atoms with Crippen molar-refractivity contribution in [1.29, 1.82) is 0 Å². The summed E-state index contributed by atoms with van der Waals surface area (Å²) < 4.78 is 30.0. The molecule has 2 fully saturated rings. The van der Waals surface area contributed by atoms with Crippen molar-refractivity contribution < 1.29 is 17.6 Å². The average molecular weight is 471 g/mol. The van der Waals surface area contributed by atoms with Gasteiger partial charge < -0.3 is 9.73 Å². The van der Waals surface area contributed by atoms with E-state index >= 15 is 0 Å². The van der Waals surface area contributed by atoms with E-state index < -0.39 is 9.84 Å². The summed E-state index contributed by atoms with van der Waals surface area (Å²) in [6.45, 7) is 1.77. The molecule has 0 aliphatic carbocycles. The molecule has 1 N–H and O–H groups in total. The molecule has 0 radical (unpaired) electrons. The molecule has 30 heavy (non-hydrogen) atoms. The standard InChI is InChI=1S/C19H23ClN4O4S2/c20-14-6-4-13(5-7-14)18-22-23-19(28-18)29-10-17(25)21-15-11-30(26,27)12-16(15)24-8-2-1-3-9-24/h4-7,15-16H,1-3,8-12H2,(H,21,25). The van der Waals surface area contributed by atoms with Crippen molar-refractivity contribution in [3.05, 3.63) is 29.3 Å². The molecule has 1 aromatic heterocycles. The van der Waals surface area contributed by atoms with Crippen LogP contribution in [0.5, 0.6) is 0 Å². The number of aromatic nitrogens is 2. The molecule has 1 amide bonds. The number of amides is 1. The van der Waals surface area contributed by atoms with E-state index in [9.17, 15) is 13.2 Å². The average Bonchev–Trinajstić information content (AvgIpc) is 3.31. The first-order valence-electron chi connectivity index (χ1n) is 9.86. The van der Waals surface area contributed by atoms with Gasteiger partial charge >= 0.3 is 0 Å². The van der Waals surface area contributed by atoms with Gasteiger partial charge in [-0.1, -0.05) is 29.8 Å². The van der Waals surface area contributed by atoms with Crippen LogP contribution in [0.15, 0.2) is 33.9 Å². The van der Waals surface area contributed by atoms with Crippen LogP contribution in [0.2, 0.25) is 5.02 Å². The molecule has 8 nitrogen and oxygen atoms in total. The second-order valence-corrected chi connectivity index (χ2v) is 11.1. The zero-order valence-electron chi connectivity index (χ0n) is 16.3. The third kappa shape index (κ3) is 5.35. The monoisotopic (exact) mass is 470 g/mol. The van der Waals surface area contributed by atoms with Crippen molar-refractivity contribution in [1.82, 2.24) is 20.4 Å². The van der Waals surface area contributed by atoms with Crippen LogP contribution in [0.25, 0.3) is 11.5 Å². The molecule has 0 saturated carbocycles. The second kappa shape index (κ2) is 9.25. The number of thioether (sulfide) groups is 1. The van der Waals surface area contributed by atoms with Crippen molar-refractivity contribution in [3.8, 4) is 11.5 Å². The van der Waals surface area contributed by atoms with Gasteiger partial charge in [-0.15, -0.1) is 10.2 Å². The Balaban J connectivity index is 1.33. The largest absolute Gasteiger partial charge is 0.411 e. The maximum absolute atomic E-state index is 12.5. The molecule has 11 heteroatoms. The Morgan fingerprint density at radius 1 is 1.17 bits per heavy atom. The second-order valence-electron chi connectivity index (χ2n) is 7.58. The fourth-order valence-electron chi connectivity index (χ4n) is 3.93. The number of carbonyl (C=O) groups is 1. The first kappa shape index (κ1) is 21.6. The quantitative estimate of drug-likeness (QED) is 0.641. The number of likely N-dealkylation sites (tertiary alicyclic amines) is 1. The summed E-state index contributed by atoms with van der Waals surface area (Å²) in [5, 5.41) is 11.8. The van der Waals surface area contributed by atoms with Crippen LogP contribution < -0.4 is 5.32 Å². The molecular weight excluding hydrogens is 448 g/mol. The summed E-state index contributed by atoms with van der Waals surface area (Å²) >= 11 is 7.01. The van der Waals surface area contributed by atoms with E-state index in [2.05, 4.69) is 20.4 Å². The van der Waals surface area contributed by atoms with Gasteiger partial charge in [0.1, 0.15) is 0 Å². The molecule has 0 bridgehead atoms. The lowest BCUT2D eigenvalue weighted by molar-refractivity contribution is -0.119. The number of rotatable bonds is 6. The number of nitrogens with zero attached hydrogens (tertiary/aromatic N) is 3. The van der Waals surface area contributed by atoms with Crippen molar-refractivity contribution in [3.63, 3.8) is 0 Å². The summed E-state index contributed by atoms with van der Waals surface area (Å²) in [5.74, 6) is 0.285. The fraction of sp³-hybridized carbons (Fsp3) is 0.526. The number of nitrogens with one attached hydrogen (secondary N) is 1. The van der Waals surface area contributed by atoms with Gasteiger partial charge in [0.25, 0.3) is 5.22 Å². The van der Waals surface area contributed by atoms with Crippen molar-refractivity contribution in [2.45, 2.75) is 36.6 Å². The summed E-state index contributed by atoms with van der Waals surface area (Å²) in [5.41, 5.74) is 0.740. The normalized spacial score (nSPS) is 24.0. The molecule has 2 aliphatic rings.